The number of nitrogens with one attached hydrogen (secondary N) is 2. The first kappa shape index (κ1) is 19.1. The van der Waals surface area contributed by atoms with Gasteiger partial charge in [0.05, 0.1) is 0 Å². The van der Waals surface area contributed by atoms with Crippen molar-refractivity contribution in [2.24, 2.45) is 5.92 Å². The highest BCUT2D eigenvalue weighted by Crippen LogP contribution is 2.14. The molecule has 1 aromatic heterocycles. The Morgan fingerprint density at radius 1 is 1.44 bits per heavy atom. The second-order valence-corrected chi connectivity index (χ2v) is 6.40. The number of amides is 2. The van der Waals surface area contributed by atoms with Crippen molar-refractivity contribution in [1.82, 2.24) is 20.5 Å². The fourth-order valence-electron chi connectivity index (χ4n) is 3.04. The lowest BCUT2D eigenvalue weighted by atomic mass is 9.98. The second kappa shape index (κ2) is 10.6. The van der Waals surface area contributed by atoms with Crippen molar-refractivity contribution in [2.45, 2.75) is 32.2 Å². The molecule has 1 atom stereocenters. The summed E-state index contributed by atoms with van der Waals surface area (Å²) in [6, 6.07) is 3.97. The van der Waals surface area contributed by atoms with Crippen LogP contribution in [0.3, 0.4) is 0 Å². The van der Waals surface area contributed by atoms with Gasteiger partial charge in [0.1, 0.15) is 0 Å². The molecule has 136 valence electrons. The highest BCUT2D eigenvalue weighted by molar-refractivity contribution is 5.79. The fourth-order valence-corrected chi connectivity index (χ4v) is 3.04. The normalized spacial score (nSPS) is 20.2. The highest BCUT2D eigenvalue weighted by atomic mass is 16.2. The summed E-state index contributed by atoms with van der Waals surface area (Å²) in [5, 5.41) is 5.80. The van der Waals surface area contributed by atoms with Crippen LogP contribution in [-0.4, -0.2) is 47.9 Å². The maximum atomic E-state index is 12.3. The number of nitrogens with zero attached hydrogens (tertiary/aromatic N) is 2. The number of aromatic nitrogens is 1. The van der Waals surface area contributed by atoms with Crippen LogP contribution in [0, 0.1) is 5.92 Å². The minimum Gasteiger partial charge on any atom is -0.356 e. The Kier molecular flexibility index (Phi) is 8.12. The largest absolute Gasteiger partial charge is 0.356 e. The van der Waals surface area contributed by atoms with E-state index in [9.17, 15) is 9.59 Å². The van der Waals surface area contributed by atoms with Gasteiger partial charge < -0.3 is 10.6 Å². The van der Waals surface area contributed by atoms with Crippen LogP contribution in [0.25, 0.3) is 0 Å². The van der Waals surface area contributed by atoms with Crippen molar-refractivity contribution < 1.29 is 9.59 Å². The molecule has 2 rings (SSSR count). The summed E-state index contributed by atoms with van der Waals surface area (Å²) in [5.41, 5.74) is 1.14. The molecule has 0 aromatic carbocycles. The van der Waals surface area contributed by atoms with Crippen LogP contribution in [-0.2, 0) is 16.1 Å². The lowest BCUT2D eigenvalue weighted by Crippen LogP contribution is -2.34. The van der Waals surface area contributed by atoms with Crippen LogP contribution in [0.15, 0.2) is 37.2 Å². The standard InChI is InChI=1S/C19H28N4O2/c1-2-9-22-19(25)17-6-4-12-23(13-8-18(24)21-11-7-17)15-16-5-3-10-20-14-16/h2-3,5,10,14,17H,1,4,6-9,11-13,15H2,(H,21,24)(H,22,25). The average Bonchev–Trinajstić information content (AvgIpc) is 2.66. The third-order valence-electron chi connectivity index (χ3n) is 4.42. The summed E-state index contributed by atoms with van der Waals surface area (Å²) in [6.07, 6.45) is 8.21. The molecule has 6 nitrogen and oxygen atoms in total. The van der Waals surface area contributed by atoms with E-state index in [1.807, 2.05) is 18.3 Å². The van der Waals surface area contributed by atoms with Crippen LogP contribution < -0.4 is 10.6 Å². The van der Waals surface area contributed by atoms with E-state index in [0.717, 1.165) is 31.5 Å². The average molecular weight is 344 g/mol. The van der Waals surface area contributed by atoms with Gasteiger partial charge in [-0.2, -0.15) is 0 Å². The van der Waals surface area contributed by atoms with Crippen molar-refractivity contribution in [3.8, 4) is 0 Å². The van der Waals surface area contributed by atoms with Crippen LogP contribution in [0.2, 0.25) is 0 Å². The first-order valence-electron chi connectivity index (χ1n) is 8.95. The molecule has 6 heteroatoms. The minimum absolute atomic E-state index is 0.0448. The van der Waals surface area contributed by atoms with E-state index in [0.29, 0.717) is 32.5 Å². The van der Waals surface area contributed by atoms with Gasteiger partial charge in [-0.3, -0.25) is 19.5 Å². The number of hydrogen-bond donors (Lipinski definition) is 2. The van der Waals surface area contributed by atoms with Gasteiger partial charge in [-0.15, -0.1) is 6.58 Å². The highest BCUT2D eigenvalue weighted by Gasteiger charge is 2.20. The van der Waals surface area contributed by atoms with Crippen molar-refractivity contribution >= 4 is 11.8 Å². The monoisotopic (exact) mass is 344 g/mol. The van der Waals surface area contributed by atoms with Gasteiger partial charge in [0.25, 0.3) is 0 Å². The first-order valence-corrected chi connectivity index (χ1v) is 8.95. The van der Waals surface area contributed by atoms with Crippen molar-refractivity contribution in [3.05, 3.63) is 42.7 Å². The number of carbonyl (C=O) groups excluding carboxylic acids is 2. The first-order chi connectivity index (χ1) is 12.2. The van der Waals surface area contributed by atoms with Gasteiger partial charge in [0.15, 0.2) is 0 Å². The number of pyridine rings is 1. The van der Waals surface area contributed by atoms with E-state index >= 15 is 0 Å². The zero-order valence-corrected chi connectivity index (χ0v) is 14.7. The van der Waals surface area contributed by atoms with Crippen LogP contribution in [0.4, 0.5) is 0 Å². The van der Waals surface area contributed by atoms with E-state index < -0.39 is 0 Å². The summed E-state index contributed by atoms with van der Waals surface area (Å²) in [7, 11) is 0. The summed E-state index contributed by atoms with van der Waals surface area (Å²) >= 11 is 0. The quantitative estimate of drug-likeness (QED) is 0.794. The summed E-state index contributed by atoms with van der Waals surface area (Å²) in [5.74, 6) is 0.0223. The summed E-state index contributed by atoms with van der Waals surface area (Å²) in [6.45, 7) is 7.01. The molecule has 1 aliphatic heterocycles. The predicted molar refractivity (Wildman–Crippen MR) is 97.7 cm³/mol. The summed E-state index contributed by atoms with van der Waals surface area (Å²) in [4.78, 5) is 30.7. The molecule has 2 N–H and O–H groups in total. The molecule has 1 saturated heterocycles. The molecular weight excluding hydrogens is 316 g/mol. The van der Waals surface area contributed by atoms with Crippen LogP contribution in [0.5, 0.6) is 0 Å². The maximum Gasteiger partial charge on any atom is 0.223 e. The molecule has 25 heavy (non-hydrogen) atoms. The lowest BCUT2D eigenvalue weighted by Gasteiger charge is -2.22. The zero-order valence-electron chi connectivity index (χ0n) is 14.7. The fraction of sp³-hybridized carbons (Fsp3) is 0.526. The van der Waals surface area contributed by atoms with Crippen LogP contribution in [0.1, 0.15) is 31.2 Å². The predicted octanol–water partition coefficient (Wildman–Crippen LogP) is 1.49. The van der Waals surface area contributed by atoms with E-state index in [1.54, 1.807) is 12.3 Å². The Labute approximate surface area is 149 Å². The number of hydrogen-bond acceptors (Lipinski definition) is 4. The van der Waals surface area contributed by atoms with Gasteiger partial charge in [-0.1, -0.05) is 12.1 Å². The van der Waals surface area contributed by atoms with Crippen molar-refractivity contribution in [3.63, 3.8) is 0 Å². The Morgan fingerprint density at radius 2 is 2.32 bits per heavy atom. The minimum atomic E-state index is -0.0707. The molecule has 2 amide bonds. The van der Waals surface area contributed by atoms with E-state index in [4.69, 9.17) is 0 Å². The Morgan fingerprint density at radius 3 is 3.08 bits per heavy atom. The molecular formula is C19H28N4O2. The van der Waals surface area contributed by atoms with Gasteiger partial charge in [0, 0.05) is 50.9 Å². The third-order valence-corrected chi connectivity index (χ3v) is 4.42. The van der Waals surface area contributed by atoms with Gasteiger partial charge in [0.2, 0.25) is 11.8 Å². The third kappa shape index (κ3) is 7.05. The zero-order chi connectivity index (χ0) is 17.9. The van der Waals surface area contributed by atoms with Gasteiger partial charge >= 0.3 is 0 Å². The van der Waals surface area contributed by atoms with Crippen molar-refractivity contribution in [2.75, 3.05) is 26.2 Å². The Balaban J connectivity index is 1.95. The molecule has 1 aliphatic rings. The molecule has 0 spiro atoms. The maximum absolute atomic E-state index is 12.3. The molecule has 0 bridgehead atoms. The molecule has 1 unspecified atom stereocenters. The molecule has 2 heterocycles. The number of rotatable bonds is 5. The molecule has 1 fully saturated rings. The van der Waals surface area contributed by atoms with E-state index in [1.165, 1.54) is 0 Å². The van der Waals surface area contributed by atoms with Crippen molar-refractivity contribution in [1.29, 1.82) is 0 Å². The molecule has 0 radical (unpaired) electrons. The summed E-state index contributed by atoms with van der Waals surface area (Å²) < 4.78 is 0. The smallest absolute Gasteiger partial charge is 0.223 e. The van der Waals surface area contributed by atoms with E-state index in [-0.39, 0.29) is 17.7 Å². The van der Waals surface area contributed by atoms with Crippen LogP contribution >= 0.6 is 0 Å². The molecule has 1 aromatic rings. The Hall–Kier alpha value is -2.21. The Bertz CT molecular complexity index is 562. The number of carbonyl (C=O) groups is 2. The topological polar surface area (TPSA) is 74.3 Å². The molecule has 0 saturated carbocycles. The molecule has 0 aliphatic carbocycles. The SMILES string of the molecule is C=CCNC(=O)C1CCCN(Cc2cccnc2)CCC(=O)NCC1. The van der Waals surface area contributed by atoms with E-state index in [2.05, 4.69) is 27.1 Å². The van der Waals surface area contributed by atoms with Gasteiger partial charge in [-0.25, -0.2) is 0 Å². The lowest BCUT2D eigenvalue weighted by molar-refractivity contribution is -0.126. The second-order valence-electron chi connectivity index (χ2n) is 6.40. The van der Waals surface area contributed by atoms with Gasteiger partial charge in [-0.05, 0) is 37.4 Å².